The number of hydrogen-bond acceptors (Lipinski definition) is 10. The number of carbonyl (C=O) groups is 2. The molecule has 0 aliphatic heterocycles. The van der Waals surface area contributed by atoms with Gasteiger partial charge >= 0.3 is 0 Å². The number of halogens is 2. The topological polar surface area (TPSA) is 96.9 Å². The molecule has 35 heavy (non-hydrogen) atoms. The zero-order chi connectivity index (χ0) is 24.6. The first-order valence-corrected chi connectivity index (χ1v) is 15.5. The number of aryl methyl sites for hydroxylation is 2. The lowest BCUT2D eigenvalue weighted by Gasteiger charge is -2.00. The van der Waals surface area contributed by atoms with E-state index in [1.54, 1.807) is 30.1 Å². The Morgan fingerprint density at radius 3 is 2.06 bits per heavy atom. The van der Waals surface area contributed by atoms with Gasteiger partial charge in [-0.3, -0.25) is 9.59 Å². The van der Waals surface area contributed by atoms with Crippen LogP contribution in [0.15, 0.2) is 30.5 Å². The van der Waals surface area contributed by atoms with Crippen molar-refractivity contribution in [2.45, 2.75) is 25.7 Å². The van der Waals surface area contributed by atoms with E-state index in [0.717, 1.165) is 49.1 Å². The number of thioether (sulfide) groups is 1. The lowest BCUT2D eigenvalue weighted by Crippen LogP contribution is -2.13. The molecule has 0 saturated heterocycles. The van der Waals surface area contributed by atoms with Crippen LogP contribution in [0.5, 0.6) is 0 Å². The number of amides is 2. The van der Waals surface area contributed by atoms with Crippen LogP contribution in [0, 0.1) is 0 Å². The van der Waals surface area contributed by atoms with Crippen LogP contribution in [0.1, 0.15) is 19.8 Å². The van der Waals surface area contributed by atoms with Crippen LogP contribution in [0.25, 0.3) is 0 Å². The molecule has 2 N–H and O–H groups in total. The summed E-state index contributed by atoms with van der Waals surface area (Å²) in [4.78, 5) is 30.5. The fraction of sp³-hybridized carbons (Fsp3) is 0.286. The summed E-state index contributed by atoms with van der Waals surface area (Å²) < 4.78 is 1.35. The predicted octanol–water partition coefficient (Wildman–Crippen LogP) is 6.31. The van der Waals surface area contributed by atoms with Crippen molar-refractivity contribution in [2.75, 3.05) is 22.1 Å². The van der Waals surface area contributed by atoms with E-state index in [9.17, 15) is 9.59 Å². The average molecular weight is 605 g/mol. The maximum Gasteiger partial charge on any atom is 0.231 e. The molecule has 4 aromatic heterocycles. The minimum atomic E-state index is -0.129. The monoisotopic (exact) mass is 603 g/mol. The van der Waals surface area contributed by atoms with Crippen LogP contribution in [-0.2, 0) is 35.3 Å². The molecule has 0 radical (unpaired) electrons. The average Bonchev–Trinajstić information content (AvgIpc) is 3.59. The molecule has 0 aliphatic carbocycles. The molecule has 2 amide bonds. The third kappa shape index (κ3) is 8.81. The van der Waals surface area contributed by atoms with Gasteiger partial charge in [0, 0.05) is 22.6 Å². The highest BCUT2D eigenvalue weighted by molar-refractivity contribution is 7.99. The molecule has 0 aliphatic rings. The molecule has 7 nitrogen and oxygen atoms in total. The van der Waals surface area contributed by atoms with Gasteiger partial charge in [0.1, 0.15) is 10.0 Å². The Bertz CT molecular complexity index is 1190. The minimum absolute atomic E-state index is 0.0726. The lowest BCUT2D eigenvalue weighted by molar-refractivity contribution is -0.116. The van der Waals surface area contributed by atoms with Gasteiger partial charge in [0.2, 0.25) is 16.9 Å². The van der Waals surface area contributed by atoms with Crippen LogP contribution in [0.2, 0.25) is 8.67 Å². The van der Waals surface area contributed by atoms with Gasteiger partial charge < -0.3 is 10.6 Å². The molecular formula is C21H19Cl2N5O2S5. The Morgan fingerprint density at radius 2 is 1.43 bits per heavy atom. The van der Waals surface area contributed by atoms with Gasteiger partial charge in [0.15, 0.2) is 0 Å². The van der Waals surface area contributed by atoms with E-state index in [0.29, 0.717) is 20.2 Å². The molecule has 0 aromatic carbocycles. The van der Waals surface area contributed by atoms with E-state index in [2.05, 4.69) is 25.8 Å². The van der Waals surface area contributed by atoms with Crippen molar-refractivity contribution in [1.29, 1.82) is 0 Å². The SMILES string of the molecule is O=C(Cc1ccc(Cl)s1)Nc1cnc(CCSCCc2nnc(NC(=O)Cc3ccc(Cl)s3)s2)s1. The number of thiazole rings is 1. The summed E-state index contributed by atoms with van der Waals surface area (Å²) in [5, 5.41) is 17.1. The Labute approximate surface area is 232 Å². The molecule has 4 heterocycles. The van der Waals surface area contributed by atoms with Crippen molar-refractivity contribution < 1.29 is 9.59 Å². The first-order chi connectivity index (χ1) is 16.9. The molecule has 0 bridgehead atoms. The van der Waals surface area contributed by atoms with E-state index >= 15 is 0 Å². The summed E-state index contributed by atoms with van der Waals surface area (Å²) in [6, 6.07) is 7.29. The highest BCUT2D eigenvalue weighted by Crippen LogP contribution is 2.25. The van der Waals surface area contributed by atoms with Crippen LogP contribution in [0.3, 0.4) is 0 Å². The smallest absolute Gasteiger partial charge is 0.231 e. The van der Waals surface area contributed by atoms with Crippen molar-refractivity contribution in [3.8, 4) is 0 Å². The normalized spacial score (nSPS) is 11.0. The Kier molecular flexibility index (Phi) is 9.95. The molecule has 184 valence electrons. The van der Waals surface area contributed by atoms with Gasteiger partial charge in [0.05, 0.1) is 32.7 Å². The van der Waals surface area contributed by atoms with Crippen LogP contribution in [0.4, 0.5) is 10.1 Å². The zero-order valence-corrected chi connectivity index (χ0v) is 23.7. The van der Waals surface area contributed by atoms with E-state index < -0.39 is 0 Å². The molecule has 14 heteroatoms. The van der Waals surface area contributed by atoms with Crippen LogP contribution in [-0.4, -0.2) is 38.5 Å². The lowest BCUT2D eigenvalue weighted by atomic mass is 10.3. The minimum Gasteiger partial charge on any atom is -0.316 e. The van der Waals surface area contributed by atoms with E-state index in [1.165, 1.54) is 45.3 Å². The van der Waals surface area contributed by atoms with Crippen molar-refractivity contribution >= 4 is 102 Å². The number of thiophene rings is 2. The number of nitrogens with one attached hydrogen (secondary N) is 2. The second-order valence-corrected chi connectivity index (χ2v) is 14.1. The summed E-state index contributed by atoms with van der Waals surface area (Å²) in [5.41, 5.74) is 0. The molecule has 4 rings (SSSR count). The van der Waals surface area contributed by atoms with Crippen molar-refractivity contribution in [3.63, 3.8) is 0 Å². The Morgan fingerprint density at radius 1 is 0.800 bits per heavy atom. The molecular weight excluding hydrogens is 586 g/mol. The molecule has 0 fully saturated rings. The summed E-state index contributed by atoms with van der Waals surface area (Å²) in [6.45, 7) is 0. The quantitative estimate of drug-likeness (QED) is 0.184. The molecule has 4 aromatic rings. The molecule has 0 spiro atoms. The second-order valence-electron chi connectivity index (χ2n) is 7.09. The third-order valence-electron chi connectivity index (χ3n) is 4.38. The number of carbonyl (C=O) groups excluding carboxylic acids is 2. The van der Waals surface area contributed by atoms with Gasteiger partial charge in [-0.2, -0.15) is 11.8 Å². The van der Waals surface area contributed by atoms with Crippen molar-refractivity contribution in [1.82, 2.24) is 15.2 Å². The summed E-state index contributed by atoms with van der Waals surface area (Å²) in [5.74, 6) is 1.61. The number of nitrogens with zero attached hydrogens (tertiary/aromatic N) is 3. The van der Waals surface area contributed by atoms with Crippen molar-refractivity contribution in [2.24, 2.45) is 0 Å². The summed E-state index contributed by atoms with van der Waals surface area (Å²) in [6.07, 6.45) is 3.89. The second kappa shape index (κ2) is 13.1. The zero-order valence-electron chi connectivity index (χ0n) is 18.1. The van der Waals surface area contributed by atoms with Gasteiger partial charge in [0.25, 0.3) is 0 Å². The highest BCUT2D eigenvalue weighted by Gasteiger charge is 2.11. The first kappa shape index (κ1) is 26.5. The van der Waals surface area contributed by atoms with Gasteiger partial charge in [-0.1, -0.05) is 34.5 Å². The highest BCUT2D eigenvalue weighted by atomic mass is 35.5. The third-order valence-corrected chi connectivity index (χ3v) is 9.70. The number of anilines is 2. The van der Waals surface area contributed by atoms with Gasteiger partial charge in [-0.25, -0.2) is 4.98 Å². The van der Waals surface area contributed by atoms with E-state index in [1.807, 2.05) is 12.1 Å². The van der Waals surface area contributed by atoms with Crippen LogP contribution < -0.4 is 10.6 Å². The Hall–Kier alpha value is -1.54. The summed E-state index contributed by atoms with van der Waals surface area (Å²) >= 11 is 19.3. The predicted molar refractivity (Wildman–Crippen MR) is 150 cm³/mol. The fourth-order valence-electron chi connectivity index (χ4n) is 2.86. The van der Waals surface area contributed by atoms with Crippen molar-refractivity contribution in [3.05, 3.63) is 58.9 Å². The largest absolute Gasteiger partial charge is 0.316 e. The maximum atomic E-state index is 12.2. The fourth-order valence-corrected chi connectivity index (χ4v) is 7.76. The molecule has 0 saturated carbocycles. The van der Waals surface area contributed by atoms with Gasteiger partial charge in [-0.15, -0.1) is 44.2 Å². The maximum absolute atomic E-state index is 12.2. The van der Waals surface area contributed by atoms with E-state index in [-0.39, 0.29) is 18.2 Å². The standard InChI is InChI=1S/C21H19Cl2N5O2S5/c22-14-3-1-12(32-14)9-16(29)25-20-11-24-18(34-20)5-7-31-8-6-19-27-28-21(35-19)26-17(30)10-13-2-4-15(23)33-13/h1-4,11H,5-10H2,(H,25,29)(H,26,28,30). The first-order valence-electron chi connectivity index (χ1n) is 10.4. The molecule has 0 atom stereocenters. The van der Waals surface area contributed by atoms with E-state index in [4.69, 9.17) is 23.2 Å². The number of hydrogen-bond donors (Lipinski definition) is 2. The molecule has 0 unspecified atom stereocenters. The van der Waals surface area contributed by atoms with Gasteiger partial charge in [-0.05, 0) is 35.8 Å². The Balaban J connectivity index is 1.11. The summed E-state index contributed by atoms with van der Waals surface area (Å²) in [7, 11) is 0. The number of rotatable bonds is 12. The number of aromatic nitrogens is 3. The van der Waals surface area contributed by atoms with Crippen LogP contribution >= 0.6 is 80.3 Å².